The minimum absolute atomic E-state index is 0.0523. The van der Waals surface area contributed by atoms with Crippen molar-refractivity contribution < 1.29 is 9.59 Å². The predicted molar refractivity (Wildman–Crippen MR) is 106 cm³/mol. The highest BCUT2D eigenvalue weighted by molar-refractivity contribution is 7.13. The van der Waals surface area contributed by atoms with Crippen LogP contribution in [-0.4, -0.2) is 33.1 Å². The van der Waals surface area contributed by atoms with Crippen molar-refractivity contribution in [1.82, 2.24) is 14.8 Å². The van der Waals surface area contributed by atoms with Gasteiger partial charge in [-0.25, -0.2) is 9.67 Å². The van der Waals surface area contributed by atoms with E-state index in [1.807, 2.05) is 24.3 Å². The average Bonchev–Trinajstić information content (AvgIpc) is 3.36. The molecule has 142 valence electrons. The Morgan fingerprint density at radius 3 is 2.86 bits per heavy atom. The third-order valence-electron chi connectivity index (χ3n) is 4.45. The van der Waals surface area contributed by atoms with Gasteiger partial charge in [0.2, 0.25) is 5.91 Å². The van der Waals surface area contributed by atoms with Crippen molar-refractivity contribution in [3.05, 3.63) is 69.6 Å². The Hall–Kier alpha value is -3.33. The number of aromatic nitrogens is 3. The lowest BCUT2D eigenvalue weighted by Crippen LogP contribution is -2.33. The van der Waals surface area contributed by atoms with Crippen molar-refractivity contribution in [2.75, 3.05) is 16.8 Å². The Morgan fingerprint density at radius 2 is 2.04 bits per heavy atom. The molecule has 2 aromatic heterocycles. The minimum Gasteiger partial charge on any atom is -0.306 e. The summed E-state index contributed by atoms with van der Waals surface area (Å²) in [5.74, 6) is -0.528. The van der Waals surface area contributed by atoms with Gasteiger partial charge in [0, 0.05) is 36.3 Å². The molecule has 3 heterocycles. The molecule has 1 aromatic carbocycles. The molecule has 0 radical (unpaired) electrons. The summed E-state index contributed by atoms with van der Waals surface area (Å²) in [6, 6.07) is 10.5. The third kappa shape index (κ3) is 3.70. The second-order valence-corrected chi connectivity index (χ2v) is 7.15. The van der Waals surface area contributed by atoms with E-state index in [4.69, 9.17) is 0 Å². The van der Waals surface area contributed by atoms with Crippen LogP contribution in [0.5, 0.6) is 0 Å². The molecule has 0 bridgehead atoms. The summed E-state index contributed by atoms with van der Waals surface area (Å²) in [5, 5.41) is 9.09. The number of amides is 2. The number of para-hydroxylation sites is 1. The zero-order valence-electron chi connectivity index (χ0n) is 14.9. The van der Waals surface area contributed by atoms with Crippen LogP contribution in [-0.2, 0) is 17.8 Å². The molecular weight excluding hydrogens is 378 g/mol. The van der Waals surface area contributed by atoms with E-state index in [0.717, 1.165) is 22.4 Å². The molecule has 1 N–H and O–H groups in total. The molecule has 4 rings (SSSR count). The maximum Gasteiger partial charge on any atom is 0.278 e. The average molecular weight is 395 g/mol. The lowest BCUT2D eigenvalue weighted by molar-refractivity contribution is -0.116. The van der Waals surface area contributed by atoms with Gasteiger partial charge in [0.05, 0.1) is 6.54 Å². The van der Waals surface area contributed by atoms with Gasteiger partial charge in [-0.3, -0.25) is 14.4 Å². The lowest BCUT2D eigenvalue weighted by atomic mass is 10.2. The Balaban J connectivity index is 1.47. The highest BCUT2D eigenvalue weighted by Crippen LogP contribution is 2.28. The Labute approximate surface area is 164 Å². The number of anilines is 2. The Kier molecular flexibility index (Phi) is 4.98. The van der Waals surface area contributed by atoms with Gasteiger partial charge in [-0.1, -0.05) is 18.2 Å². The number of benzene rings is 1. The van der Waals surface area contributed by atoms with Crippen molar-refractivity contribution in [3.8, 4) is 0 Å². The van der Waals surface area contributed by atoms with Gasteiger partial charge >= 0.3 is 0 Å². The van der Waals surface area contributed by atoms with E-state index in [1.165, 1.54) is 23.5 Å². The van der Waals surface area contributed by atoms with Crippen LogP contribution in [0.3, 0.4) is 0 Å². The molecule has 2 amide bonds. The molecule has 0 unspecified atom stereocenters. The molecule has 0 atom stereocenters. The summed E-state index contributed by atoms with van der Waals surface area (Å²) in [6.45, 7) is 0.656. The molecule has 8 nitrogen and oxygen atoms in total. The summed E-state index contributed by atoms with van der Waals surface area (Å²) in [7, 11) is 0. The van der Waals surface area contributed by atoms with Gasteiger partial charge in [0.1, 0.15) is 5.69 Å². The first kappa shape index (κ1) is 18.1. The molecule has 1 aliphatic rings. The summed E-state index contributed by atoms with van der Waals surface area (Å²) < 4.78 is 1.15. The molecule has 9 heteroatoms. The Bertz CT molecular complexity index is 1080. The lowest BCUT2D eigenvalue weighted by Gasteiger charge is -2.17. The van der Waals surface area contributed by atoms with E-state index in [9.17, 15) is 14.4 Å². The number of thiazole rings is 1. The van der Waals surface area contributed by atoms with E-state index in [-0.39, 0.29) is 36.0 Å². The summed E-state index contributed by atoms with van der Waals surface area (Å²) in [5.41, 5.74) is 1.80. The first-order chi connectivity index (χ1) is 13.6. The second-order valence-electron chi connectivity index (χ2n) is 6.25. The molecule has 0 fully saturated rings. The molecule has 0 aliphatic carbocycles. The maximum atomic E-state index is 12.9. The molecule has 1 aliphatic heterocycles. The van der Waals surface area contributed by atoms with Gasteiger partial charge < -0.3 is 10.2 Å². The van der Waals surface area contributed by atoms with Gasteiger partial charge in [-0.2, -0.15) is 5.10 Å². The summed E-state index contributed by atoms with van der Waals surface area (Å²) in [6.07, 6.45) is 2.44. The number of nitrogens with zero attached hydrogens (tertiary/aromatic N) is 4. The van der Waals surface area contributed by atoms with Gasteiger partial charge in [0.15, 0.2) is 5.13 Å². The topological polar surface area (TPSA) is 97.2 Å². The first-order valence-electron chi connectivity index (χ1n) is 8.79. The van der Waals surface area contributed by atoms with E-state index in [2.05, 4.69) is 15.4 Å². The third-order valence-corrected chi connectivity index (χ3v) is 5.14. The normalized spacial score (nSPS) is 12.6. The van der Waals surface area contributed by atoms with Crippen molar-refractivity contribution in [2.24, 2.45) is 0 Å². The minimum atomic E-state index is -0.361. The largest absolute Gasteiger partial charge is 0.306 e. The standard InChI is InChI=1S/C19H17N5O3S/c25-16(21-19-20-9-12-28-19)8-11-24-17(26)6-5-14(22-24)18(27)23-10-7-13-3-1-2-4-15(13)23/h1-6,9,12H,7-8,10-11H2,(H,20,21,25). The number of fused-ring (bicyclic) bond motifs is 1. The van der Waals surface area contributed by atoms with Gasteiger partial charge in [-0.05, 0) is 24.1 Å². The summed E-state index contributed by atoms with van der Waals surface area (Å²) >= 11 is 1.31. The van der Waals surface area contributed by atoms with E-state index < -0.39 is 0 Å². The zero-order valence-corrected chi connectivity index (χ0v) is 15.7. The van der Waals surface area contributed by atoms with Gasteiger partial charge in [0.25, 0.3) is 11.5 Å². The number of hydrogen-bond acceptors (Lipinski definition) is 6. The highest BCUT2D eigenvalue weighted by atomic mass is 32.1. The number of carbonyl (C=O) groups excluding carboxylic acids is 2. The Morgan fingerprint density at radius 1 is 1.18 bits per heavy atom. The highest BCUT2D eigenvalue weighted by Gasteiger charge is 2.26. The summed E-state index contributed by atoms with van der Waals surface area (Å²) in [4.78, 5) is 42.6. The monoisotopic (exact) mass is 395 g/mol. The van der Waals surface area contributed by atoms with Crippen LogP contribution < -0.4 is 15.8 Å². The smallest absolute Gasteiger partial charge is 0.278 e. The van der Waals surface area contributed by atoms with E-state index >= 15 is 0 Å². The van der Waals surface area contributed by atoms with Crippen LogP contribution in [0.4, 0.5) is 10.8 Å². The SMILES string of the molecule is O=C(CCn1nc(C(=O)N2CCc3ccccc32)ccc1=O)Nc1nccs1. The fourth-order valence-corrected chi connectivity index (χ4v) is 3.63. The van der Waals surface area contributed by atoms with Gasteiger partial charge in [-0.15, -0.1) is 11.3 Å². The second kappa shape index (κ2) is 7.73. The van der Waals surface area contributed by atoms with Crippen LogP contribution in [0.2, 0.25) is 0 Å². The molecule has 0 spiro atoms. The molecular formula is C19H17N5O3S. The molecule has 3 aromatic rings. The van der Waals surface area contributed by atoms with Crippen LogP contribution >= 0.6 is 11.3 Å². The molecule has 0 saturated heterocycles. The predicted octanol–water partition coefficient (Wildman–Crippen LogP) is 1.93. The number of aryl methyl sites for hydroxylation is 1. The van der Waals surface area contributed by atoms with Crippen LogP contribution in [0.1, 0.15) is 22.5 Å². The van der Waals surface area contributed by atoms with Crippen molar-refractivity contribution in [3.63, 3.8) is 0 Å². The quantitative estimate of drug-likeness (QED) is 0.712. The number of nitrogens with one attached hydrogen (secondary N) is 1. The fraction of sp³-hybridized carbons (Fsp3) is 0.211. The molecule has 28 heavy (non-hydrogen) atoms. The number of hydrogen-bond donors (Lipinski definition) is 1. The van der Waals surface area contributed by atoms with Crippen LogP contribution in [0.15, 0.2) is 52.8 Å². The maximum absolute atomic E-state index is 12.9. The van der Waals surface area contributed by atoms with E-state index in [0.29, 0.717) is 11.7 Å². The van der Waals surface area contributed by atoms with Crippen LogP contribution in [0.25, 0.3) is 0 Å². The first-order valence-corrected chi connectivity index (χ1v) is 9.67. The fourth-order valence-electron chi connectivity index (χ4n) is 3.09. The van der Waals surface area contributed by atoms with Crippen molar-refractivity contribution in [2.45, 2.75) is 19.4 Å². The number of rotatable bonds is 5. The zero-order chi connectivity index (χ0) is 19.5. The molecule has 0 saturated carbocycles. The van der Waals surface area contributed by atoms with E-state index in [1.54, 1.807) is 16.5 Å². The number of carbonyl (C=O) groups is 2. The van der Waals surface area contributed by atoms with Crippen LogP contribution in [0, 0.1) is 0 Å². The van der Waals surface area contributed by atoms with Crippen molar-refractivity contribution >= 4 is 34.0 Å². The van der Waals surface area contributed by atoms with Crippen molar-refractivity contribution in [1.29, 1.82) is 0 Å².